The van der Waals surface area contributed by atoms with Gasteiger partial charge >= 0.3 is 0 Å². The van der Waals surface area contributed by atoms with E-state index in [1.165, 1.54) is 0 Å². The van der Waals surface area contributed by atoms with Crippen LogP contribution in [0.15, 0.2) is 39.5 Å². The average Bonchev–Trinajstić information content (AvgIpc) is 2.82. The standard InChI is InChI=1S/C12H11BrN2O2/c1-8-2-3-9(13)6-11(8)12(16)14-7-10-4-5-15-17-10/h2-6H,7H2,1H3,(H,14,16). The summed E-state index contributed by atoms with van der Waals surface area (Å²) in [6, 6.07) is 7.31. The molecular weight excluding hydrogens is 284 g/mol. The van der Waals surface area contributed by atoms with Gasteiger partial charge in [-0.1, -0.05) is 27.2 Å². The molecule has 0 unspecified atom stereocenters. The number of nitrogens with zero attached hydrogens (tertiary/aromatic N) is 1. The molecule has 1 heterocycles. The SMILES string of the molecule is Cc1ccc(Br)cc1C(=O)NCc1ccno1. The molecule has 0 aliphatic heterocycles. The highest BCUT2D eigenvalue weighted by Crippen LogP contribution is 2.16. The Morgan fingerprint density at radius 1 is 1.47 bits per heavy atom. The molecule has 0 radical (unpaired) electrons. The number of rotatable bonds is 3. The number of benzene rings is 1. The van der Waals surface area contributed by atoms with Crippen LogP contribution in [0.3, 0.4) is 0 Å². The van der Waals surface area contributed by atoms with Crippen molar-refractivity contribution in [3.8, 4) is 0 Å². The third kappa shape index (κ3) is 2.94. The van der Waals surface area contributed by atoms with Crippen LogP contribution in [-0.2, 0) is 6.54 Å². The van der Waals surface area contributed by atoms with Gasteiger partial charge in [0, 0.05) is 16.1 Å². The fourth-order valence-electron chi connectivity index (χ4n) is 1.43. The summed E-state index contributed by atoms with van der Waals surface area (Å²) in [6.45, 7) is 2.24. The maximum absolute atomic E-state index is 11.9. The van der Waals surface area contributed by atoms with E-state index in [4.69, 9.17) is 4.52 Å². The van der Waals surface area contributed by atoms with Crippen LogP contribution >= 0.6 is 15.9 Å². The lowest BCUT2D eigenvalue weighted by Crippen LogP contribution is -2.23. The number of carbonyl (C=O) groups is 1. The summed E-state index contributed by atoms with van der Waals surface area (Å²) >= 11 is 3.35. The highest BCUT2D eigenvalue weighted by molar-refractivity contribution is 9.10. The Balaban J connectivity index is 2.07. The molecule has 2 rings (SSSR count). The Morgan fingerprint density at radius 2 is 2.29 bits per heavy atom. The van der Waals surface area contributed by atoms with Crippen molar-refractivity contribution in [3.63, 3.8) is 0 Å². The van der Waals surface area contributed by atoms with Gasteiger partial charge in [-0.15, -0.1) is 0 Å². The van der Waals surface area contributed by atoms with Crippen LogP contribution in [-0.4, -0.2) is 11.1 Å². The van der Waals surface area contributed by atoms with Gasteiger partial charge in [0.25, 0.3) is 5.91 Å². The average molecular weight is 295 g/mol. The second kappa shape index (κ2) is 5.14. The van der Waals surface area contributed by atoms with E-state index in [9.17, 15) is 4.79 Å². The van der Waals surface area contributed by atoms with E-state index in [1.807, 2.05) is 19.1 Å². The second-order valence-corrected chi connectivity index (χ2v) is 4.54. The maximum Gasteiger partial charge on any atom is 0.251 e. The third-order valence-corrected chi connectivity index (χ3v) is 2.85. The molecular formula is C12H11BrN2O2. The lowest BCUT2D eigenvalue weighted by molar-refractivity contribution is 0.0946. The molecule has 0 atom stereocenters. The monoisotopic (exact) mass is 294 g/mol. The zero-order valence-electron chi connectivity index (χ0n) is 9.24. The maximum atomic E-state index is 11.9. The van der Waals surface area contributed by atoms with E-state index >= 15 is 0 Å². The van der Waals surface area contributed by atoms with Crippen LogP contribution in [0.2, 0.25) is 0 Å². The molecule has 1 amide bonds. The summed E-state index contributed by atoms with van der Waals surface area (Å²) in [5, 5.41) is 6.35. The van der Waals surface area contributed by atoms with Crippen molar-refractivity contribution in [1.82, 2.24) is 10.5 Å². The first-order chi connectivity index (χ1) is 8.16. The molecule has 1 aromatic heterocycles. The lowest BCUT2D eigenvalue weighted by Gasteiger charge is -2.06. The van der Waals surface area contributed by atoms with Crippen LogP contribution in [0.5, 0.6) is 0 Å². The highest BCUT2D eigenvalue weighted by atomic mass is 79.9. The predicted molar refractivity (Wildman–Crippen MR) is 66.6 cm³/mol. The van der Waals surface area contributed by atoms with Crippen molar-refractivity contribution in [3.05, 3.63) is 51.8 Å². The predicted octanol–water partition coefficient (Wildman–Crippen LogP) is 2.68. The van der Waals surface area contributed by atoms with Gasteiger partial charge in [-0.2, -0.15) is 0 Å². The lowest BCUT2D eigenvalue weighted by atomic mass is 10.1. The number of aromatic nitrogens is 1. The van der Waals surface area contributed by atoms with Crippen molar-refractivity contribution in [2.24, 2.45) is 0 Å². The van der Waals surface area contributed by atoms with Gasteiger partial charge in [0.05, 0.1) is 12.7 Å². The van der Waals surface area contributed by atoms with Gasteiger partial charge in [0.1, 0.15) is 0 Å². The summed E-state index contributed by atoms with van der Waals surface area (Å²) in [7, 11) is 0. The molecule has 0 saturated heterocycles. The highest BCUT2D eigenvalue weighted by Gasteiger charge is 2.09. The van der Waals surface area contributed by atoms with Gasteiger partial charge < -0.3 is 9.84 Å². The Labute approximate surface area is 107 Å². The van der Waals surface area contributed by atoms with Gasteiger partial charge in [0.2, 0.25) is 0 Å². The molecule has 0 aliphatic rings. The Morgan fingerprint density at radius 3 is 3.00 bits per heavy atom. The summed E-state index contributed by atoms with van der Waals surface area (Å²) < 4.78 is 5.78. The Hall–Kier alpha value is -1.62. The summed E-state index contributed by atoms with van der Waals surface area (Å²) in [4.78, 5) is 11.9. The molecule has 17 heavy (non-hydrogen) atoms. The number of carbonyl (C=O) groups excluding carboxylic acids is 1. The van der Waals surface area contributed by atoms with Gasteiger partial charge in [-0.05, 0) is 24.6 Å². The topological polar surface area (TPSA) is 55.1 Å². The van der Waals surface area contributed by atoms with E-state index < -0.39 is 0 Å². The summed E-state index contributed by atoms with van der Waals surface area (Å²) in [5.41, 5.74) is 1.59. The fraction of sp³-hybridized carbons (Fsp3) is 0.167. The first-order valence-corrected chi connectivity index (χ1v) is 5.90. The third-order valence-electron chi connectivity index (χ3n) is 2.36. The van der Waals surface area contributed by atoms with Crippen molar-refractivity contribution in [1.29, 1.82) is 0 Å². The number of halogens is 1. The Kier molecular flexibility index (Phi) is 3.58. The summed E-state index contributed by atoms with van der Waals surface area (Å²) in [6.07, 6.45) is 1.55. The van der Waals surface area contributed by atoms with Crippen LogP contribution < -0.4 is 5.32 Å². The van der Waals surface area contributed by atoms with Crippen LogP contribution in [0.25, 0.3) is 0 Å². The van der Waals surface area contributed by atoms with Gasteiger partial charge in [-0.25, -0.2) is 0 Å². The van der Waals surface area contributed by atoms with Crippen LogP contribution in [0.1, 0.15) is 21.7 Å². The smallest absolute Gasteiger partial charge is 0.251 e. The molecule has 4 nitrogen and oxygen atoms in total. The molecule has 1 aromatic carbocycles. The fourth-order valence-corrected chi connectivity index (χ4v) is 1.80. The van der Waals surface area contributed by atoms with Crippen molar-refractivity contribution >= 4 is 21.8 Å². The van der Waals surface area contributed by atoms with E-state index in [-0.39, 0.29) is 5.91 Å². The van der Waals surface area contributed by atoms with Crippen molar-refractivity contribution < 1.29 is 9.32 Å². The van der Waals surface area contributed by atoms with Crippen molar-refractivity contribution in [2.45, 2.75) is 13.5 Å². The zero-order valence-corrected chi connectivity index (χ0v) is 10.8. The molecule has 5 heteroatoms. The zero-order chi connectivity index (χ0) is 12.3. The number of hydrogen-bond donors (Lipinski definition) is 1. The number of aryl methyl sites for hydroxylation is 1. The molecule has 88 valence electrons. The first kappa shape index (κ1) is 11.9. The second-order valence-electron chi connectivity index (χ2n) is 3.62. The number of nitrogens with one attached hydrogen (secondary N) is 1. The molecule has 0 bridgehead atoms. The van der Waals surface area contributed by atoms with Crippen LogP contribution in [0, 0.1) is 6.92 Å². The quantitative estimate of drug-likeness (QED) is 0.947. The van der Waals surface area contributed by atoms with Gasteiger partial charge in [-0.3, -0.25) is 4.79 Å². The van der Waals surface area contributed by atoms with E-state index in [1.54, 1.807) is 18.3 Å². The normalized spacial score (nSPS) is 10.2. The largest absolute Gasteiger partial charge is 0.360 e. The molecule has 0 aliphatic carbocycles. The minimum Gasteiger partial charge on any atom is -0.360 e. The molecule has 0 fully saturated rings. The molecule has 1 N–H and O–H groups in total. The first-order valence-electron chi connectivity index (χ1n) is 5.11. The minimum absolute atomic E-state index is 0.125. The number of amides is 1. The molecule has 0 saturated carbocycles. The van der Waals surface area contributed by atoms with E-state index in [2.05, 4.69) is 26.4 Å². The molecule has 2 aromatic rings. The van der Waals surface area contributed by atoms with E-state index in [0.717, 1.165) is 10.0 Å². The Bertz CT molecular complexity index is 523. The number of hydrogen-bond acceptors (Lipinski definition) is 3. The van der Waals surface area contributed by atoms with Gasteiger partial charge in [0.15, 0.2) is 5.76 Å². The van der Waals surface area contributed by atoms with Crippen molar-refractivity contribution in [2.75, 3.05) is 0 Å². The van der Waals surface area contributed by atoms with E-state index in [0.29, 0.717) is 17.9 Å². The summed E-state index contributed by atoms with van der Waals surface area (Å²) in [5.74, 6) is 0.506. The minimum atomic E-state index is -0.125. The van der Waals surface area contributed by atoms with Crippen LogP contribution in [0.4, 0.5) is 0 Å². The molecule has 0 spiro atoms.